The van der Waals surface area contributed by atoms with Crippen molar-refractivity contribution >= 4 is 10.0 Å². The van der Waals surface area contributed by atoms with Gasteiger partial charge in [-0.05, 0) is 35.8 Å². The summed E-state index contributed by atoms with van der Waals surface area (Å²) in [6, 6.07) is 7.46. The molecule has 1 aliphatic carbocycles. The molecule has 1 aromatic rings. The van der Waals surface area contributed by atoms with Gasteiger partial charge < -0.3 is 5.73 Å². The molecule has 0 radical (unpaired) electrons. The van der Waals surface area contributed by atoms with Gasteiger partial charge in [-0.1, -0.05) is 44.0 Å². The maximum absolute atomic E-state index is 12.2. The van der Waals surface area contributed by atoms with Gasteiger partial charge in [0, 0.05) is 13.1 Å². The molecule has 1 aromatic carbocycles. The molecule has 0 bridgehead atoms. The Morgan fingerprint density at radius 2 is 1.86 bits per heavy atom. The monoisotopic (exact) mass is 310 g/mol. The maximum atomic E-state index is 12.2. The Labute approximate surface area is 128 Å². The van der Waals surface area contributed by atoms with Crippen LogP contribution in [0.15, 0.2) is 24.3 Å². The van der Waals surface area contributed by atoms with E-state index >= 15 is 0 Å². The third-order valence-electron chi connectivity index (χ3n) is 4.31. The van der Waals surface area contributed by atoms with Crippen LogP contribution in [0.25, 0.3) is 0 Å². The van der Waals surface area contributed by atoms with Gasteiger partial charge in [-0.2, -0.15) is 0 Å². The van der Waals surface area contributed by atoms with E-state index in [-0.39, 0.29) is 5.75 Å². The highest BCUT2D eigenvalue weighted by molar-refractivity contribution is 7.88. The quantitative estimate of drug-likeness (QED) is 0.847. The molecule has 0 saturated heterocycles. The second-order valence-electron chi connectivity index (χ2n) is 6.26. The molecule has 1 fully saturated rings. The number of sulfonamides is 1. The molecule has 21 heavy (non-hydrogen) atoms. The van der Waals surface area contributed by atoms with E-state index in [0.29, 0.717) is 19.0 Å². The average Bonchev–Trinajstić information content (AvgIpc) is 2.46. The first-order valence-electron chi connectivity index (χ1n) is 7.74. The van der Waals surface area contributed by atoms with E-state index in [1.165, 1.54) is 12.8 Å². The van der Waals surface area contributed by atoms with Gasteiger partial charge in [0.1, 0.15) is 0 Å². The molecular weight excluding hydrogens is 284 g/mol. The number of hydrogen-bond donors (Lipinski definition) is 2. The molecule has 118 valence electrons. The Morgan fingerprint density at radius 3 is 2.52 bits per heavy atom. The van der Waals surface area contributed by atoms with Crippen LogP contribution in [0.3, 0.4) is 0 Å². The molecular formula is C16H26N2O2S. The van der Waals surface area contributed by atoms with Crippen molar-refractivity contribution in [2.75, 3.05) is 6.54 Å². The summed E-state index contributed by atoms with van der Waals surface area (Å²) in [6.07, 6.45) is 4.69. The first kappa shape index (κ1) is 16.5. The first-order valence-corrected chi connectivity index (χ1v) is 9.39. The van der Waals surface area contributed by atoms with Crippen LogP contribution in [0.4, 0.5) is 0 Å². The Hall–Kier alpha value is -0.910. The zero-order valence-corrected chi connectivity index (χ0v) is 13.5. The topological polar surface area (TPSA) is 72.2 Å². The second kappa shape index (κ2) is 7.38. The summed E-state index contributed by atoms with van der Waals surface area (Å²) in [4.78, 5) is 0. The number of hydrogen-bond acceptors (Lipinski definition) is 3. The van der Waals surface area contributed by atoms with E-state index in [0.717, 1.165) is 29.9 Å². The largest absolute Gasteiger partial charge is 0.326 e. The number of nitrogens with two attached hydrogens (primary N) is 1. The molecule has 3 N–H and O–H groups in total. The molecule has 1 aliphatic rings. The summed E-state index contributed by atoms with van der Waals surface area (Å²) in [5, 5.41) is 0. The number of rotatable bonds is 6. The van der Waals surface area contributed by atoms with E-state index in [9.17, 15) is 8.42 Å². The SMILES string of the molecule is CC1CCC(CNS(=O)(=O)Cc2cccc(CN)c2)CC1. The molecule has 0 amide bonds. The Balaban J connectivity index is 1.86. The lowest BCUT2D eigenvalue weighted by atomic mass is 9.83. The van der Waals surface area contributed by atoms with Crippen LogP contribution < -0.4 is 10.5 Å². The molecule has 4 nitrogen and oxygen atoms in total. The highest BCUT2D eigenvalue weighted by atomic mass is 32.2. The molecule has 0 aliphatic heterocycles. The van der Waals surface area contributed by atoms with Crippen LogP contribution >= 0.6 is 0 Å². The Bertz CT molecular complexity index is 549. The van der Waals surface area contributed by atoms with Crippen LogP contribution in [0.1, 0.15) is 43.7 Å². The smallest absolute Gasteiger partial charge is 0.215 e. The van der Waals surface area contributed by atoms with E-state index in [1.54, 1.807) is 0 Å². The molecule has 5 heteroatoms. The van der Waals surface area contributed by atoms with E-state index in [2.05, 4.69) is 11.6 Å². The molecule has 0 unspecified atom stereocenters. The summed E-state index contributed by atoms with van der Waals surface area (Å²) in [7, 11) is -3.26. The normalized spacial score (nSPS) is 23.1. The van der Waals surface area contributed by atoms with Gasteiger partial charge >= 0.3 is 0 Å². The summed E-state index contributed by atoms with van der Waals surface area (Å²) < 4.78 is 27.1. The van der Waals surface area contributed by atoms with Crippen molar-refractivity contribution in [1.82, 2.24) is 4.72 Å². The molecule has 0 spiro atoms. The lowest BCUT2D eigenvalue weighted by molar-refractivity contribution is 0.290. The van der Waals surface area contributed by atoms with E-state index in [4.69, 9.17) is 5.73 Å². The highest BCUT2D eigenvalue weighted by Gasteiger charge is 2.20. The fraction of sp³-hybridized carbons (Fsp3) is 0.625. The van der Waals surface area contributed by atoms with Gasteiger partial charge in [-0.15, -0.1) is 0 Å². The van der Waals surface area contributed by atoms with Crippen LogP contribution in [0, 0.1) is 11.8 Å². The predicted octanol–water partition coefficient (Wildman–Crippen LogP) is 2.39. The first-order chi connectivity index (χ1) is 9.98. The van der Waals surface area contributed by atoms with E-state index in [1.807, 2.05) is 24.3 Å². The average molecular weight is 310 g/mol. The van der Waals surface area contributed by atoms with Gasteiger partial charge in [-0.25, -0.2) is 13.1 Å². The lowest BCUT2D eigenvalue weighted by Crippen LogP contribution is -2.32. The maximum Gasteiger partial charge on any atom is 0.215 e. The predicted molar refractivity (Wildman–Crippen MR) is 86.1 cm³/mol. The third kappa shape index (κ3) is 5.41. The van der Waals surface area contributed by atoms with Crippen molar-refractivity contribution in [3.05, 3.63) is 35.4 Å². The van der Waals surface area contributed by atoms with Gasteiger partial charge in [0.05, 0.1) is 5.75 Å². The zero-order valence-electron chi connectivity index (χ0n) is 12.7. The van der Waals surface area contributed by atoms with Crippen molar-refractivity contribution < 1.29 is 8.42 Å². The summed E-state index contributed by atoms with van der Waals surface area (Å²) in [5.74, 6) is 1.31. The molecule has 1 saturated carbocycles. The van der Waals surface area contributed by atoms with Crippen molar-refractivity contribution in [2.45, 2.75) is 44.9 Å². The van der Waals surface area contributed by atoms with Crippen LogP contribution in [-0.4, -0.2) is 15.0 Å². The lowest BCUT2D eigenvalue weighted by Gasteiger charge is -2.26. The van der Waals surface area contributed by atoms with E-state index < -0.39 is 10.0 Å². The highest BCUT2D eigenvalue weighted by Crippen LogP contribution is 2.27. The Kier molecular flexibility index (Phi) is 5.79. The van der Waals surface area contributed by atoms with Crippen LogP contribution in [0.2, 0.25) is 0 Å². The van der Waals surface area contributed by atoms with Crippen molar-refractivity contribution in [2.24, 2.45) is 17.6 Å². The van der Waals surface area contributed by atoms with Gasteiger partial charge in [0.2, 0.25) is 10.0 Å². The minimum atomic E-state index is -3.26. The number of nitrogens with one attached hydrogen (secondary N) is 1. The van der Waals surface area contributed by atoms with Gasteiger partial charge in [0.15, 0.2) is 0 Å². The van der Waals surface area contributed by atoms with Crippen LogP contribution in [-0.2, 0) is 22.3 Å². The van der Waals surface area contributed by atoms with Gasteiger partial charge in [-0.3, -0.25) is 0 Å². The molecule has 0 atom stereocenters. The standard InChI is InChI=1S/C16H26N2O2S/c1-13-5-7-14(8-6-13)11-18-21(19,20)12-16-4-2-3-15(9-16)10-17/h2-4,9,13-14,18H,5-8,10-12,17H2,1H3. The van der Waals surface area contributed by atoms with Crippen molar-refractivity contribution in [3.63, 3.8) is 0 Å². The fourth-order valence-electron chi connectivity index (χ4n) is 2.89. The van der Waals surface area contributed by atoms with Crippen molar-refractivity contribution in [1.29, 1.82) is 0 Å². The summed E-state index contributed by atoms with van der Waals surface area (Å²) in [6.45, 7) is 3.28. The Morgan fingerprint density at radius 1 is 1.19 bits per heavy atom. The molecule has 2 rings (SSSR count). The summed E-state index contributed by atoms with van der Waals surface area (Å²) in [5.41, 5.74) is 7.34. The second-order valence-corrected chi connectivity index (χ2v) is 8.06. The minimum absolute atomic E-state index is 0.0317. The minimum Gasteiger partial charge on any atom is -0.326 e. The van der Waals surface area contributed by atoms with Crippen LogP contribution in [0.5, 0.6) is 0 Å². The molecule has 0 heterocycles. The van der Waals surface area contributed by atoms with Gasteiger partial charge in [0.25, 0.3) is 0 Å². The number of benzene rings is 1. The third-order valence-corrected chi connectivity index (χ3v) is 5.63. The summed E-state index contributed by atoms with van der Waals surface area (Å²) >= 11 is 0. The zero-order chi connectivity index (χ0) is 15.3. The fourth-order valence-corrected chi connectivity index (χ4v) is 4.11. The molecule has 0 aromatic heterocycles. The van der Waals surface area contributed by atoms with Crippen molar-refractivity contribution in [3.8, 4) is 0 Å².